The van der Waals surface area contributed by atoms with Gasteiger partial charge in [0.25, 0.3) is 0 Å². The zero-order chi connectivity index (χ0) is 11.3. The van der Waals surface area contributed by atoms with Crippen LogP contribution in [0.25, 0.3) is 0 Å². The molecule has 3 atom stereocenters. The minimum atomic E-state index is -0.468. The van der Waals surface area contributed by atoms with Crippen molar-refractivity contribution in [3.8, 4) is 0 Å². The highest BCUT2D eigenvalue weighted by molar-refractivity contribution is 5.84. The van der Waals surface area contributed by atoms with Crippen molar-refractivity contribution >= 4 is 12.2 Å². The summed E-state index contributed by atoms with van der Waals surface area (Å²) in [4.78, 5) is 22.4. The second-order valence-corrected chi connectivity index (χ2v) is 4.14. The van der Waals surface area contributed by atoms with Crippen LogP contribution in [0.1, 0.15) is 33.1 Å². The van der Waals surface area contributed by atoms with E-state index in [1.165, 1.54) is 0 Å². The van der Waals surface area contributed by atoms with Gasteiger partial charge in [-0.1, -0.05) is 20.3 Å². The Hall–Kier alpha value is -0.900. The van der Waals surface area contributed by atoms with Crippen LogP contribution in [0.3, 0.4) is 0 Å². The lowest BCUT2D eigenvalue weighted by Crippen LogP contribution is -2.48. The van der Waals surface area contributed by atoms with Crippen LogP contribution in [-0.2, 0) is 9.59 Å². The van der Waals surface area contributed by atoms with E-state index in [-0.39, 0.29) is 17.9 Å². The van der Waals surface area contributed by atoms with E-state index in [0.717, 1.165) is 25.8 Å². The summed E-state index contributed by atoms with van der Waals surface area (Å²) in [7, 11) is 0. The molecule has 85 valence electrons. The van der Waals surface area contributed by atoms with Crippen LogP contribution in [0, 0.1) is 5.92 Å². The lowest BCUT2D eigenvalue weighted by molar-refractivity contribution is -0.123. The SMILES string of the molecule is CC[C@H](C)[C@@H]([C]=O)NC(=O)[C@@H]1CCCN1. The normalized spacial score (nSPS) is 24.5. The molecular weight excluding hydrogens is 192 g/mol. The molecule has 0 aromatic heterocycles. The van der Waals surface area contributed by atoms with E-state index in [4.69, 9.17) is 0 Å². The quantitative estimate of drug-likeness (QED) is 0.691. The number of amides is 1. The van der Waals surface area contributed by atoms with Crippen LogP contribution < -0.4 is 10.6 Å². The van der Waals surface area contributed by atoms with Crippen molar-refractivity contribution in [1.82, 2.24) is 10.6 Å². The fourth-order valence-electron chi connectivity index (χ4n) is 1.69. The van der Waals surface area contributed by atoms with E-state index in [1.54, 1.807) is 0 Å². The van der Waals surface area contributed by atoms with Crippen LogP contribution >= 0.6 is 0 Å². The highest BCUT2D eigenvalue weighted by Crippen LogP contribution is 2.08. The van der Waals surface area contributed by atoms with Gasteiger partial charge in [-0.2, -0.15) is 0 Å². The number of hydrogen-bond acceptors (Lipinski definition) is 3. The number of carbonyl (C=O) groups is 1. The Bertz CT molecular complexity index is 225. The summed E-state index contributed by atoms with van der Waals surface area (Å²) >= 11 is 0. The van der Waals surface area contributed by atoms with Crippen LogP contribution in [-0.4, -0.2) is 30.8 Å². The monoisotopic (exact) mass is 211 g/mol. The Labute approximate surface area is 90.8 Å². The maximum absolute atomic E-state index is 11.7. The van der Waals surface area contributed by atoms with Crippen LogP contribution in [0.5, 0.6) is 0 Å². The van der Waals surface area contributed by atoms with Gasteiger partial charge in [0.05, 0.1) is 12.1 Å². The molecule has 0 aliphatic carbocycles. The van der Waals surface area contributed by atoms with Crippen LogP contribution in [0.15, 0.2) is 0 Å². The number of rotatable bonds is 5. The maximum Gasteiger partial charge on any atom is 0.237 e. The molecule has 15 heavy (non-hydrogen) atoms. The second-order valence-electron chi connectivity index (χ2n) is 4.14. The zero-order valence-electron chi connectivity index (χ0n) is 9.38. The molecule has 1 aliphatic heterocycles. The van der Waals surface area contributed by atoms with Gasteiger partial charge in [0.15, 0.2) is 0 Å². The summed E-state index contributed by atoms with van der Waals surface area (Å²) in [6.45, 7) is 4.82. The van der Waals surface area contributed by atoms with E-state index in [9.17, 15) is 9.59 Å². The Kier molecular flexibility index (Phi) is 4.75. The average Bonchev–Trinajstić information content (AvgIpc) is 2.77. The molecule has 2 N–H and O–H groups in total. The van der Waals surface area contributed by atoms with Gasteiger partial charge in [0, 0.05) is 0 Å². The third-order valence-corrected chi connectivity index (χ3v) is 3.01. The fourth-order valence-corrected chi connectivity index (χ4v) is 1.69. The highest BCUT2D eigenvalue weighted by atomic mass is 16.2. The molecule has 1 saturated heterocycles. The van der Waals surface area contributed by atoms with Crippen molar-refractivity contribution in [2.24, 2.45) is 5.92 Å². The molecule has 0 aromatic carbocycles. The van der Waals surface area contributed by atoms with Gasteiger partial charge in [0.1, 0.15) is 0 Å². The summed E-state index contributed by atoms with van der Waals surface area (Å²) in [6.07, 6.45) is 4.64. The minimum Gasteiger partial charge on any atom is -0.344 e. The Morgan fingerprint density at radius 1 is 1.67 bits per heavy atom. The summed E-state index contributed by atoms with van der Waals surface area (Å²) in [5, 5.41) is 5.84. The average molecular weight is 211 g/mol. The van der Waals surface area contributed by atoms with Gasteiger partial charge in [0.2, 0.25) is 12.2 Å². The first-order valence-electron chi connectivity index (χ1n) is 5.60. The topological polar surface area (TPSA) is 58.2 Å². The Balaban J connectivity index is 2.43. The molecule has 0 unspecified atom stereocenters. The van der Waals surface area contributed by atoms with E-state index in [2.05, 4.69) is 10.6 Å². The molecule has 0 saturated carbocycles. The van der Waals surface area contributed by atoms with E-state index in [0.29, 0.717) is 0 Å². The second kappa shape index (κ2) is 5.85. The number of nitrogens with one attached hydrogen (secondary N) is 2. The van der Waals surface area contributed by atoms with Crippen molar-refractivity contribution in [3.05, 3.63) is 0 Å². The summed E-state index contributed by atoms with van der Waals surface area (Å²) in [6, 6.07) is -0.588. The molecule has 1 heterocycles. The van der Waals surface area contributed by atoms with Crippen molar-refractivity contribution in [2.45, 2.75) is 45.2 Å². The van der Waals surface area contributed by atoms with Crippen molar-refractivity contribution < 1.29 is 9.59 Å². The zero-order valence-corrected chi connectivity index (χ0v) is 9.38. The van der Waals surface area contributed by atoms with Crippen molar-refractivity contribution in [3.63, 3.8) is 0 Å². The smallest absolute Gasteiger partial charge is 0.237 e. The van der Waals surface area contributed by atoms with Gasteiger partial charge in [-0.25, -0.2) is 0 Å². The molecule has 0 aromatic rings. The molecule has 4 nitrogen and oxygen atoms in total. The molecule has 1 amide bonds. The Morgan fingerprint density at radius 2 is 2.40 bits per heavy atom. The molecule has 0 bridgehead atoms. The predicted molar refractivity (Wildman–Crippen MR) is 58.1 cm³/mol. The molecule has 1 aliphatic rings. The van der Waals surface area contributed by atoms with E-state index >= 15 is 0 Å². The minimum absolute atomic E-state index is 0.0684. The third-order valence-electron chi connectivity index (χ3n) is 3.01. The Morgan fingerprint density at radius 3 is 2.87 bits per heavy atom. The standard InChI is InChI=1S/C11H19N2O2/c1-3-8(2)10(7-14)13-11(15)9-5-4-6-12-9/h8-10,12H,3-6H2,1-2H3,(H,13,15)/t8-,9-,10+/m0/s1. The maximum atomic E-state index is 11.7. The fraction of sp³-hybridized carbons (Fsp3) is 0.818. The lowest BCUT2D eigenvalue weighted by atomic mass is 10.00. The molecule has 1 rings (SSSR count). The molecule has 0 spiro atoms. The molecule has 4 heteroatoms. The first-order valence-corrected chi connectivity index (χ1v) is 5.60. The number of carbonyl (C=O) groups excluding carboxylic acids is 2. The third kappa shape index (κ3) is 3.30. The summed E-state index contributed by atoms with van der Waals surface area (Å²) in [5.41, 5.74) is 0. The van der Waals surface area contributed by atoms with Gasteiger partial charge in [-0.05, 0) is 25.3 Å². The molecule has 1 fully saturated rings. The highest BCUT2D eigenvalue weighted by Gasteiger charge is 2.25. The summed E-state index contributed by atoms with van der Waals surface area (Å²) in [5.74, 6) is 0.0778. The van der Waals surface area contributed by atoms with Crippen molar-refractivity contribution in [2.75, 3.05) is 6.54 Å². The largest absolute Gasteiger partial charge is 0.344 e. The van der Waals surface area contributed by atoms with E-state index in [1.807, 2.05) is 20.1 Å². The van der Waals surface area contributed by atoms with E-state index < -0.39 is 6.04 Å². The number of hydrogen-bond donors (Lipinski definition) is 2. The van der Waals surface area contributed by atoms with Crippen molar-refractivity contribution in [1.29, 1.82) is 0 Å². The van der Waals surface area contributed by atoms with Crippen LogP contribution in [0.2, 0.25) is 0 Å². The predicted octanol–water partition coefficient (Wildman–Crippen LogP) is 0.379. The van der Waals surface area contributed by atoms with Gasteiger partial charge >= 0.3 is 0 Å². The van der Waals surface area contributed by atoms with Gasteiger partial charge in [-0.15, -0.1) is 0 Å². The first-order chi connectivity index (χ1) is 7.19. The molecular formula is C11H19N2O2. The lowest BCUT2D eigenvalue weighted by Gasteiger charge is -2.20. The van der Waals surface area contributed by atoms with Gasteiger partial charge < -0.3 is 10.6 Å². The summed E-state index contributed by atoms with van der Waals surface area (Å²) < 4.78 is 0. The van der Waals surface area contributed by atoms with Gasteiger partial charge in [-0.3, -0.25) is 9.59 Å². The van der Waals surface area contributed by atoms with Crippen LogP contribution in [0.4, 0.5) is 0 Å². The molecule has 1 radical (unpaired) electrons. The first kappa shape index (κ1) is 12.2.